The molecule has 0 amide bonds. The SMILES string of the molecule is CC1CC(C(=O)O)CCN1c1ccc(Cl)cc1C#N. The van der Waals surface area contributed by atoms with Crippen LogP contribution in [0.3, 0.4) is 0 Å². The van der Waals surface area contributed by atoms with Gasteiger partial charge in [-0.2, -0.15) is 5.26 Å². The summed E-state index contributed by atoms with van der Waals surface area (Å²) in [5.74, 6) is -1.02. The number of nitrogens with zero attached hydrogens (tertiary/aromatic N) is 2. The highest BCUT2D eigenvalue weighted by Crippen LogP contribution is 2.31. The van der Waals surface area contributed by atoms with Gasteiger partial charge >= 0.3 is 5.97 Å². The van der Waals surface area contributed by atoms with E-state index in [0.29, 0.717) is 30.0 Å². The van der Waals surface area contributed by atoms with Gasteiger partial charge < -0.3 is 10.0 Å². The smallest absolute Gasteiger partial charge is 0.306 e. The van der Waals surface area contributed by atoms with E-state index >= 15 is 0 Å². The molecule has 1 N–H and O–H groups in total. The summed E-state index contributed by atoms with van der Waals surface area (Å²) < 4.78 is 0. The molecule has 1 aromatic carbocycles. The minimum Gasteiger partial charge on any atom is -0.481 e. The lowest BCUT2D eigenvalue weighted by Gasteiger charge is -2.38. The van der Waals surface area contributed by atoms with Crippen LogP contribution in [0, 0.1) is 17.2 Å². The summed E-state index contributed by atoms with van der Waals surface area (Å²) in [5, 5.41) is 18.8. The van der Waals surface area contributed by atoms with Crippen LogP contribution in [0.4, 0.5) is 5.69 Å². The molecule has 0 aromatic heterocycles. The van der Waals surface area contributed by atoms with Crippen molar-refractivity contribution in [2.24, 2.45) is 5.92 Å². The predicted molar refractivity (Wildman–Crippen MR) is 73.3 cm³/mol. The number of hydrogen-bond acceptors (Lipinski definition) is 3. The molecule has 1 fully saturated rings. The van der Waals surface area contributed by atoms with Gasteiger partial charge in [-0.3, -0.25) is 4.79 Å². The Balaban J connectivity index is 2.24. The van der Waals surface area contributed by atoms with Gasteiger partial charge in [-0.05, 0) is 38.0 Å². The zero-order valence-electron chi connectivity index (χ0n) is 10.6. The molecule has 19 heavy (non-hydrogen) atoms. The number of carboxylic acid groups (broad SMARTS) is 1. The van der Waals surface area contributed by atoms with Crippen molar-refractivity contribution >= 4 is 23.3 Å². The first-order chi connectivity index (χ1) is 9.02. The van der Waals surface area contributed by atoms with E-state index in [1.165, 1.54) is 0 Å². The molecule has 2 rings (SSSR count). The van der Waals surface area contributed by atoms with Crippen LogP contribution in [-0.4, -0.2) is 23.7 Å². The second-order valence-electron chi connectivity index (χ2n) is 4.88. The lowest BCUT2D eigenvalue weighted by Crippen LogP contribution is -2.43. The average Bonchev–Trinajstić information content (AvgIpc) is 2.38. The maximum Gasteiger partial charge on any atom is 0.306 e. The first-order valence-corrected chi connectivity index (χ1v) is 6.60. The van der Waals surface area contributed by atoms with Crippen molar-refractivity contribution in [1.29, 1.82) is 5.26 Å². The second kappa shape index (κ2) is 5.50. The Bertz CT molecular complexity index is 539. The lowest BCUT2D eigenvalue weighted by molar-refractivity contribution is -0.142. The van der Waals surface area contributed by atoms with Crippen molar-refractivity contribution in [1.82, 2.24) is 0 Å². The summed E-state index contributed by atoms with van der Waals surface area (Å²) in [6.45, 7) is 2.64. The van der Waals surface area contributed by atoms with Gasteiger partial charge in [-0.1, -0.05) is 11.6 Å². The predicted octanol–water partition coefficient (Wildman–Crippen LogP) is 2.90. The molecule has 4 nitrogen and oxygen atoms in total. The quantitative estimate of drug-likeness (QED) is 0.903. The molecule has 1 saturated heterocycles. The molecule has 1 aliphatic rings. The van der Waals surface area contributed by atoms with Crippen molar-refractivity contribution < 1.29 is 9.90 Å². The average molecular weight is 279 g/mol. The molecule has 0 bridgehead atoms. The van der Waals surface area contributed by atoms with Crippen LogP contribution >= 0.6 is 11.6 Å². The summed E-state index contributed by atoms with van der Waals surface area (Å²) in [5.41, 5.74) is 1.37. The van der Waals surface area contributed by atoms with Gasteiger partial charge in [0.1, 0.15) is 6.07 Å². The number of aliphatic carboxylic acids is 1. The van der Waals surface area contributed by atoms with Gasteiger partial charge in [-0.25, -0.2) is 0 Å². The van der Waals surface area contributed by atoms with Crippen LogP contribution in [-0.2, 0) is 4.79 Å². The van der Waals surface area contributed by atoms with Crippen LogP contribution in [0.1, 0.15) is 25.3 Å². The Morgan fingerprint density at radius 2 is 2.32 bits per heavy atom. The third-order valence-corrected chi connectivity index (χ3v) is 3.85. The topological polar surface area (TPSA) is 64.3 Å². The van der Waals surface area contributed by atoms with Crippen LogP contribution in [0.2, 0.25) is 5.02 Å². The maximum absolute atomic E-state index is 11.0. The molecule has 0 saturated carbocycles. The summed E-state index contributed by atoms with van der Waals surface area (Å²) in [6, 6.07) is 7.48. The number of piperidine rings is 1. The van der Waals surface area contributed by atoms with E-state index in [4.69, 9.17) is 16.7 Å². The Kier molecular flexibility index (Phi) is 3.96. The van der Waals surface area contributed by atoms with Crippen molar-refractivity contribution in [3.8, 4) is 6.07 Å². The molecule has 1 aromatic rings. The van der Waals surface area contributed by atoms with Crippen LogP contribution < -0.4 is 4.90 Å². The first-order valence-electron chi connectivity index (χ1n) is 6.22. The minimum atomic E-state index is -0.733. The zero-order valence-corrected chi connectivity index (χ0v) is 11.4. The van der Waals surface area contributed by atoms with E-state index in [2.05, 4.69) is 11.0 Å². The summed E-state index contributed by atoms with van der Waals surface area (Å²) in [6.07, 6.45) is 1.20. The normalized spacial score (nSPS) is 22.9. The summed E-state index contributed by atoms with van der Waals surface area (Å²) in [7, 11) is 0. The molecule has 2 unspecified atom stereocenters. The van der Waals surface area contributed by atoms with Crippen molar-refractivity contribution in [2.75, 3.05) is 11.4 Å². The van der Waals surface area contributed by atoms with E-state index in [1.54, 1.807) is 12.1 Å². The number of rotatable bonds is 2. The number of anilines is 1. The van der Waals surface area contributed by atoms with Gasteiger partial charge in [0.05, 0.1) is 17.2 Å². The number of carbonyl (C=O) groups is 1. The lowest BCUT2D eigenvalue weighted by atomic mass is 9.91. The van der Waals surface area contributed by atoms with Crippen molar-refractivity contribution in [3.63, 3.8) is 0 Å². The Morgan fingerprint density at radius 3 is 2.89 bits per heavy atom. The fraction of sp³-hybridized carbons (Fsp3) is 0.429. The molecule has 1 heterocycles. The van der Waals surface area contributed by atoms with E-state index in [1.807, 2.05) is 13.0 Å². The van der Waals surface area contributed by atoms with E-state index in [0.717, 1.165) is 5.69 Å². The molecule has 0 aliphatic carbocycles. The minimum absolute atomic E-state index is 0.100. The number of hydrogen-bond donors (Lipinski definition) is 1. The first kappa shape index (κ1) is 13.7. The zero-order chi connectivity index (χ0) is 14.0. The van der Waals surface area contributed by atoms with E-state index in [9.17, 15) is 10.1 Å². The highest BCUT2D eigenvalue weighted by Gasteiger charge is 2.30. The van der Waals surface area contributed by atoms with E-state index < -0.39 is 5.97 Å². The Morgan fingerprint density at radius 1 is 1.58 bits per heavy atom. The Labute approximate surface area is 117 Å². The number of nitriles is 1. The van der Waals surface area contributed by atoms with Gasteiger partial charge in [-0.15, -0.1) is 0 Å². The fourth-order valence-electron chi connectivity index (χ4n) is 2.60. The highest BCUT2D eigenvalue weighted by atomic mass is 35.5. The molecular formula is C14H15ClN2O2. The van der Waals surface area contributed by atoms with Crippen LogP contribution in [0.15, 0.2) is 18.2 Å². The maximum atomic E-state index is 11.0. The van der Waals surface area contributed by atoms with Crippen LogP contribution in [0.5, 0.6) is 0 Å². The van der Waals surface area contributed by atoms with E-state index in [-0.39, 0.29) is 12.0 Å². The van der Waals surface area contributed by atoms with Crippen molar-refractivity contribution in [2.45, 2.75) is 25.8 Å². The third-order valence-electron chi connectivity index (χ3n) is 3.61. The summed E-state index contributed by atoms with van der Waals surface area (Å²) in [4.78, 5) is 13.1. The third kappa shape index (κ3) is 2.82. The van der Waals surface area contributed by atoms with Gasteiger partial charge in [0, 0.05) is 17.6 Å². The number of carboxylic acids is 1. The van der Waals surface area contributed by atoms with Gasteiger partial charge in [0.2, 0.25) is 0 Å². The standard InChI is InChI=1S/C14H15ClN2O2/c1-9-6-10(14(18)19)4-5-17(9)13-3-2-12(15)7-11(13)8-16/h2-3,7,9-10H,4-6H2,1H3,(H,18,19). The molecule has 0 radical (unpaired) electrons. The molecule has 1 aliphatic heterocycles. The molecular weight excluding hydrogens is 264 g/mol. The largest absolute Gasteiger partial charge is 0.481 e. The molecule has 5 heteroatoms. The van der Waals surface area contributed by atoms with Gasteiger partial charge in [0.25, 0.3) is 0 Å². The molecule has 0 spiro atoms. The number of benzene rings is 1. The molecule has 2 atom stereocenters. The van der Waals surface area contributed by atoms with Crippen molar-refractivity contribution in [3.05, 3.63) is 28.8 Å². The fourth-order valence-corrected chi connectivity index (χ4v) is 2.77. The Hall–Kier alpha value is -1.73. The monoisotopic (exact) mass is 278 g/mol. The second-order valence-corrected chi connectivity index (χ2v) is 5.31. The molecule has 100 valence electrons. The highest BCUT2D eigenvalue weighted by molar-refractivity contribution is 6.30. The summed E-state index contributed by atoms with van der Waals surface area (Å²) >= 11 is 5.89. The van der Waals surface area contributed by atoms with Gasteiger partial charge in [0.15, 0.2) is 0 Å². The van der Waals surface area contributed by atoms with Crippen LogP contribution in [0.25, 0.3) is 0 Å². The number of halogens is 1.